The van der Waals surface area contributed by atoms with Gasteiger partial charge in [-0.05, 0) is 35.7 Å². The van der Waals surface area contributed by atoms with E-state index in [0.29, 0.717) is 12.1 Å². The number of aryl methyl sites for hydroxylation is 1. The number of hydrogen-bond donors (Lipinski definition) is 1. The average Bonchev–Trinajstić information content (AvgIpc) is 2.44. The highest BCUT2D eigenvalue weighted by Crippen LogP contribution is 2.20. The molecule has 0 aliphatic heterocycles. The minimum Gasteiger partial charge on any atom is -0.348 e. The Morgan fingerprint density at radius 3 is 2.25 bits per heavy atom. The first-order valence-corrected chi connectivity index (χ1v) is 8.00. The van der Waals surface area contributed by atoms with E-state index in [2.05, 4.69) is 56.2 Å². The summed E-state index contributed by atoms with van der Waals surface area (Å²) in [6.45, 7) is 2.67. The summed E-state index contributed by atoms with van der Waals surface area (Å²) in [6, 6.07) is 13.7. The molecule has 0 fully saturated rings. The standard InChI is InChI=1S/C16H15Br2NO/c1-2-11-5-3-4-6-12(11)10-19-16(20)13-7-14(17)9-15(18)8-13/h3-9H,2,10H2,1H3,(H,19,20). The van der Waals surface area contributed by atoms with Crippen LogP contribution >= 0.6 is 31.9 Å². The second kappa shape index (κ2) is 7.04. The molecule has 0 radical (unpaired) electrons. The lowest BCUT2D eigenvalue weighted by molar-refractivity contribution is 0.0950. The van der Waals surface area contributed by atoms with Crippen LogP contribution in [0.25, 0.3) is 0 Å². The van der Waals surface area contributed by atoms with Gasteiger partial charge < -0.3 is 5.32 Å². The first kappa shape index (κ1) is 15.3. The van der Waals surface area contributed by atoms with E-state index < -0.39 is 0 Å². The Balaban J connectivity index is 2.08. The second-order valence-corrected chi connectivity index (χ2v) is 6.29. The molecule has 20 heavy (non-hydrogen) atoms. The van der Waals surface area contributed by atoms with E-state index in [4.69, 9.17) is 0 Å². The predicted molar refractivity (Wildman–Crippen MR) is 88.8 cm³/mol. The maximum absolute atomic E-state index is 12.2. The Hall–Kier alpha value is -1.13. The lowest BCUT2D eigenvalue weighted by atomic mass is 10.1. The summed E-state index contributed by atoms with van der Waals surface area (Å²) in [7, 11) is 0. The normalized spacial score (nSPS) is 10.3. The van der Waals surface area contributed by atoms with E-state index in [1.807, 2.05) is 30.3 Å². The smallest absolute Gasteiger partial charge is 0.251 e. The minimum absolute atomic E-state index is 0.0714. The molecule has 0 atom stereocenters. The van der Waals surface area contributed by atoms with Crippen molar-refractivity contribution >= 4 is 37.8 Å². The summed E-state index contributed by atoms with van der Waals surface area (Å²) in [5.74, 6) is -0.0714. The first-order chi connectivity index (χ1) is 9.60. The summed E-state index contributed by atoms with van der Waals surface area (Å²) in [5.41, 5.74) is 3.07. The van der Waals surface area contributed by atoms with Crippen molar-refractivity contribution in [3.63, 3.8) is 0 Å². The van der Waals surface area contributed by atoms with Crippen molar-refractivity contribution in [3.8, 4) is 0 Å². The Kier molecular flexibility index (Phi) is 5.38. The van der Waals surface area contributed by atoms with Crippen molar-refractivity contribution in [2.75, 3.05) is 0 Å². The van der Waals surface area contributed by atoms with Gasteiger partial charge in [-0.25, -0.2) is 0 Å². The van der Waals surface area contributed by atoms with Crippen LogP contribution in [-0.2, 0) is 13.0 Å². The fraction of sp³-hybridized carbons (Fsp3) is 0.188. The molecule has 4 heteroatoms. The Morgan fingerprint density at radius 1 is 1.05 bits per heavy atom. The quantitative estimate of drug-likeness (QED) is 0.796. The van der Waals surface area contributed by atoms with Crippen LogP contribution in [0, 0.1) is 0 Å². The molecule has 2 nitrogen and oxygen atoms in total. The molecular formula is C16H15Br2NO. The van der Waals surface area contributed by atoms with Crippen LogP contribution in [0.4, 0.5) is 0 Å². The molecule has 0 unspecified atom stereocenters. The summed E-state index contributed by atoms with van der Waals surface area (Å²) < 4.78 is 1.76. The van der Waals surface area contributed by atoms with Crippen molar-refractivity contribution in [2.45, 2.75) is 19.9 Å². The van der Waals surface area contributed by atoms with Crippen molar-refractivity contribution in [3.05, 3.63) is 68.1 Å². The summed E-state index contributed by atoms with van der Waals surface area (Å²) in [4.78, 5) is 12.2. The Bertz CT molecular complexity index is 605. The van der Waals surface area contributed by atoms with E-state index >= 15 is 0 Å². The third kappa shape index (κ3) is 3.93. The zero-order valence-corrected chi connectivity index (χ0v) is 14.3. The van der Waals surface area contributed by atoms with Crippen molar-refractivity contribution in [1.82, 2.24) is 5.32 Å². The molecule has 2 rings (SSSR count). The molecule has 0 heterocycles. The summed E-state index contributed by atoms with van der Waals surface area (Å²) in [6.07, 6.45) is 0.967. The van der Waals surface area contributed by atoms with Crippen LogP contribution in [0.3, 0.4) is 0 Å². The zero-order valence-electron chi connectivity index (χ0n) is 11.1. The highest BCUT2D eigenvalue weighted by Gasteiger charge is 2.08. The van der Waals surface area contributed by atoms with E-state index in [1.54, 1.807) is 0 Å². The van der Waals surface area contributed by atoms with Crippen LogP contribution < -0.4 is 5.32 Å². The SMILES string of the molecule is CCc1ccccc1CNC(=O)c1cc(Br)cc(Br)c1. The molecule has 2 aromatic carbocycles. The number of benzene rings is 2. The molecule has 0 aliphatic carbocycles. The molecular weight excluding hydrogens is 382 g/mol. The number of hydrogen-bond acceptors (Lipinski definition) is 1. The molecule has 2 aromatic rings. The minimum atomic E-state index is -0.0714. The molecule has 1 amide bonds. The van der Waals surface area contributed by atoms with Crippen molar-refractivity contribution < 1.29 is 4.79 Å². The summed E-state index contributed by atoms with van der Waals surface area (Å²) in [5, 5.41) is 2.96. The van der Waals surface area contributed by atoms with Crippen LogP contribution in [-0.4, -0.2) is 5.91 Å². The molecule has 0 spiro atoms. The summed E-state index contributed by atoms with van der Waals surface area (Å²) >= 11 is 6.78. The topological polar surface area (TPSA) is 29.1 Å². The fourth-order valence-electron chi connectivity index (χ4n) is 2.04. The van der Waals surface area contributed by atoms with Gasteiger partial charge in [0.2, 0.25) is 0 Å². The van der Waals surface area contributed by atoms with Gasteiger partial charge in [0.15, 0.2) is 0 Å². The lowest BCUT2D eigenvalue weighted by Gasteiger charge is -2.10. The number of nitrogens with one attached hydrogen (secondary N) is 1. The van der Waals surface area contributed by atoms with Crippen LogP contribution in [0.5, 0.6) is 0 Å². The van der Waals surface area contributed by atoms with Gasteiger partial charge >= 0.3 is 0 Å². The predicted octanol–water partition coefficient (Wildman–Crippen LogP) is 4.70. The van der Waals surface area contributed by atoms with Gasteiger partial charge in [0, 0.05) is 21.1 Å². The molecule has 104 valence electrons. The molecule has 1 N–H and O–H groups in total. The van der Waals surface area contributed by atoms with Gasteiger partial charge in [0.05, 0.1) is 0 Å². The first-order valence-electron chi connectivity index (χ1n) is 6.41. The molecule has 0 saturated carbocycles. The lowest BCUT2D eigenvalue weighted by Crippen LogP contribution is -2.23. The maximum Gasteiger partial charge on any atom is 0.251 e. The van der Waals surface area contributed by atoms with E-state index in [1.165, 1.54) is 5.56 Å². The van der Waals surface area contributed by atoms with Gasteiger partial charge in [0.1, 0.15) is 0 Å². The number of carbonyl (C=O) groups excluding carboxylic acids is 1. The van der Waals surface area contributed by atoms with Crippen LogP contribution in [0.2, 0.25) is 0 Å². The molecule has 0 aromatic heterocycles. The van der Waals surface area contributed by atoms with Gasteiger partial charge in [0.25, 0.3) is 5.91 Å². The number of halogens is 2. The van der Waals surface area contributed by atoms with E-state index in [-0.39, 0.29) is 5.91 Å². The number of carbonyl (C=O) groups is 1. The monoisotopic (exact) mass is 395 g/mol. The van der Waals surface area contributed by atoms with E-state index in [0.717, 1.165) is 20.9 Å². The fourth-order valence-corrected chi connectivity index (χ4v) is 3.33. The number of amides is 1. The van der Waals surface area contributed by atoms with Crippen molar-refractivity contribution in [1.29, 1.82) is 0 Å². The van der Waals surface area contributed by atoms with Crippen molar-refractivity contribution in [2.24, 2.45) is 0 Å². The van der Waals surface area contributed by atoms with Crippen LogP contribution in [0.15, 0.2) is 51.4 Å². The average molecular weight is 397 g/mol. The second-order valence-electron chi connectivity index (χ2n) is 4.46. The Morgan fingerprint density at radius 2 is 1.65 bits per heavy atom. The Labute approximate surface area is 135 Å². The highest BCUT2D eigenvalue weighted by atomic mass is 79.9. The largest absolute Gasteiger partial charge is 0.348 e. The molecule has 0 aliphatic rings. The zero-order chi connectivity index (χ0) is 14.5. The van der Waals surface area contributed by atoms with Gasteiger partial charge in [-0.15, -0.1) is 0 Å². The van der Waals surface area contributed by atoms with Gasteiger partial charge in [-0.2, -0.15) is 0 Å². The number of rotatable bonds is 4. The molecule has 0 bridgehead atoms. The van der Waals surface area contributed by atoms with Gasteiger partial charge in [-0.3, -0.25) is 4.79 Å². The third-order valence-corrected chi connectivity index (χ3v) is 3.98. The highest BCUT2D eigenvalue weighted by molar-refractivity contribution is 9.11. The van der Waals surface area contributed by atoms with E-state index in [9.17, 15) is 4.79 Å². The maximum atomic E-state index is 12.2. The third-order valence-electron chi connectivity index (χ3n) is 3.06. The van der Waals surface area contributed by atoms with Gasteiger partial charge in [-0.1, -0.05) is 63.0 Å². The molecule has 0 saturated heterocycles. The van der Waals surface area contributed by atoms with Crippen LogP contribution in [0.1, 0.15) is 28.4 Å².